The van der Waals surface area contributed by atoms with E-state index in [9.17, 15) is 4.79 Å². The molecule has 1 fully saturated rings. The number of carbonyl (C=O) groups excluding carboxylic acids is 1. The molecule has 2 heterocycles. The standard InChI is InChI=1S/C22H30N4O2/c1-4-26-20(17-18(2)23-26)22(27)25-14-8-13-24(15-16-25)12-7-10-19-9-5-6-11-21(19)28-3/h5-7,9-11,17H,4,8,12-16H2,1-3H3. The Bertz CT molecular complexity index is 828. The Morgan fingerprint density at radius 1 is 1.21 bits per heavy atom. The molecule has 3 rings (SSSR count). The number of nitrogens with zero attached hydrogens (tertiary/aromatic N) is 4. The summed E-state index contributed by atoms with van der Waals surface area (Å²) >= 11 is 0. The molecule has 150 valence electrons. The minimum Gasteiger partial charge on any atom is -0.496 e. The zero-order valence-electron chi connectivity index (χ0n) is 17.1. The van der Waals surface area contributed by atoms with Crippen LogP contribution >= 0.6 is 0 Å². The third-order valence-electron chi connectivity index (χ3n) is 5.10. The van der Waals surface area contributed by atoms with E-state index in [0.29, 0.717) is 12.2 Å². The quantitative estimate of drug-likeness (QED) is 0.770. The van der Waals surface area contributed by atoms with E-state index >= 15 is 0 Å². The average molecular weight is 383 g/mol. The maximum atomic E-state index is 12.9. The molecule has 0 bridgehead atoms. The van der Waals surface area contributed by atoms with Gasteiger partial charge < -0.3 is 9.64 Å². The molecule has 0 atom stereocenters. The summed E-state index contributed by atoms with van der Waals surface area (Å²) in [4.78, 5) is 17.3. The van der Waals surface area contributed by atoms with Gasteiger partial charge in [-0.15, -0.1) is 0 Å². The lowest BCUT2D eigenvalue weighted by Crippen LogP contribution is -2.36. The van der Waals surface area contributed by atoms with Gasteiger partial charge in [-0.05, 0) is 32.4 Å². The molecule has 2 aromatic rings. The molecule has 0 spiro atoms. The van der Waals surface area contributed by atoms with Gasteiger partial charge in [-0.2, -0.15) is 5.10 Å². The molecular weight excluding hydrogens is 352 g/mol. The first-order valence-corrected chi connectivity index (χ1v) is 9.98. The van der Waals surface area contributed by atoms with E-state index in [0.717, 1.165) is 56.2 Å². The van der Waals surface area contributed by atoms with E-state index < -0.39 is 0 Å². The van der Waals surface area contributed by atoms with Crippen molar-refractivity contribution in [3.63, 3.8) is 0 Å². The minimum absolute atomic E-state index is 0.0915. The number of hydrogen-bond donors (Lipinski definition) is 0. The highest BCUT2D eigenvalue weighted by molar-refractivity contribution is 5.92. The van der Waals surface area contributed by atoms with E-state index in [1.165, 1.54) is 0 Å². The van der Waals surface area contributed by atoms with Gasteiger partial charge in [0, 0.05) is 44.8 Å². The lowest BCUT2D eigenvalue weighted by atomic mass is 10.2. The van der Waals surface area contributed by atoms with Gasteiger partial charge in [-0.3, -0.25) is 14.4 Å². The molecule has 6 heteroatoms. The van der Waals surface area contributed by atoms with Crippen LogP contribution < -0.4 is 4.74 Å². The van der Waals surface area contributed by atoms with Crippen LogP contribution in [-0.2, 0) is 6.54 Å². The number of carbonyl (C=O) groups is 1. The van der Waals surface area contributed by atoms with Crippen LogP contribution in [-0.4, -0.2) is 65.3 Å². The summed E-state index contributed by atoms with van der Waals surface area (Å²) < 4.78 is 7.20. The second kappa shape index (κ2) is 9.55. The number of aromatic nitrogens is 2. The second-order valence-corrected chi connectivity index (χ2v) is 7.08. The fourth-order valence-corrected chi connectivity index (χ4v) is 3.61. The fraction of sp³-hybridized carbons (Fsp3) is 0.455. The summed E-state index contributed by atoms with van der Waals surface area (Å²) in [6.07, 6.45) is 5.26. The van der Waals surface area contributed by atoms with Gasteiger partial charge in [0.15, 0.2) is 0 Å². The lowest BCUT2D eigenvalue weighted by molar-refractivity contribution is 0.0749. The predicted octanol–water partition coefficient (Wildman–Crippen LogP) is 3.08. The number of benzene rings is 1. The van der Waals surface area contributed by atoms with Gasteiger partial charge in [-0.25, -0.2) is 0 Å². The summed E-state index contributed by atoms with van der Waals surface area (Å²) in [6.45, 7) is 8.93. The number of amides is 1. The van der Waals surface area contributed by atoms with Gasteiger partial charge in [0.2, 0.25) is 0 Å². The number of hydrogen-bond acceptors (Lipinski definition) is 4. The summed E-state index contributed by atoms with van der Waals surface area (Å²) in [5, 5.41) is 4.41. The summed E-state index contributed by atoms with van der Waals surface area (Å²) in [5.74, 6) is 0.975. The second-order valence-electron chi connectivity index (χ2n) is 7.08. The molecule has 28 heavy (non-hydrogen) atoms. The smallest absolute Gasteiger partial charge is 0.272 e. The van der Waals surface area contributed by atoms with E-state index in [1.54, 1.807) is 11.8 Å². The Morgan fingerprint density at radius 2 is 2.04 bits per heavy atom. The van der Waals surface area contributed by atoms with Gasteiger partial charge in [0.25, 0.3) is 5.91 Å². The van der Waals surface area contributed by atoms with Crippen molar-refractivity contribution in [2.45, 2.75) is 26.8 Å². The van der Waals surface area contributed by atoms with Crippen LogP contribution in [0.4, 0.5) is 0 Å². The van der Waals surface area contributed by atoms with Crippen molar-refractivity contribution < 1.29 is 9.53 Å². The van der Waals surface area contributed by atoms with Gasteiger partial charge in [0.05, 0.1) is 12.8 Å². The van der Waals surface area contributed by atoms with Crippen LogP contribution in [0.15, 0.2) is 36.4 Å². The van der Waals surface area contributed by atoms with Crippen molar-refractivity contribution in [2.24, 2.45) is 0 Å². The molecule has 6 nitrogen and oxygen atoms in total. The molecule has 1 aliphatic rings. The van der Waals surface area contributed by atoms with Crippen LogP contribution in [0.1, 0.15) is 35.1 Å². The van der Waals surface area contributed by atoms with Gasteiger partial charge >= 0.3 is 0 Å². The maximum absolute atomic E-state index is 12.9. The Kier molecular flexibility index (Phi) is 6.87. The molecule has 1 aromatic carbocycles. The predicted molar refractivity (Wildman–Crippen MR) is 112 cm³/mol. The minimum atomic E-state index is 0.0915. The lowest BCUT2D eigenvalue weighted by Gasteiger charge is -2.21. The average Bonchev–Trinajstić information content (AvgIpc) is 2.94. The van der Waals surface area contributed by atoms with E-state index in [-0.39, 0.29) is 5.91 Å². The Morgan fingerprint density at radius 3 is 2.82 bits per heavy atom. The van der Waals surface area contributed by atoms with Gasteiger partial charge in [0.1, 0.15) is 11.4 Å². The third-order valence-corrected chi connectivity index (χ3v) is 5.10. The highest BCUT2D eigenvalue weighted by atomic mass is 16.5. The largest absolute Gasteiger partial charge is 0.496 e. The molecule has 0 unspecified atom stereocenters. The Balaban J connectivity index is 1.57. The normalized spacial score (nSPS) is 15.8. The van der Waals surface area contributed by atoms with Crippen LogP contribution in [0.25, 0.3) is 6.08 Å². The van der Waals surface area contributed by atoms with E-state index in [4.69, 9.17) is 4.74 Å². The fourth-order valence-electron chi connectivity index (χ4n) is 3.61. The molecule has 0 radical (unpaired) electrons. The number of aryl methyl sites for hydroxylation is 2. The van der Waals surface area contributed by atoms with Crippen molar-refractivity contribution in [2.75, 3.05) is 39.8 Å². The summed E-state index contributed by atoms with van der Waals surface area (Å²) in [5.41, 5.74) is 2.67. The van der Waals surface area contributed by atoms with Crippen LogP contribution in [0.5, 0.6) is 5.75 Å². The van der Waals surface area contributed by atoms with Crippen molar-refractivity contribution in [1.82, 2.24) is 19.6 Å². The molecule has 0 N–H and O–H groups in total. The van der Waals surface area contributed by atoms with Crippen LogP contribution in [0.3, 0.4) is 0 Å². The maximum Gasteiger partial charge on any atom is 0.272 e. The van der Waals surface area contributed by atoms with E-state index in [1.807, 2.05) is 43.0 Å². The first-order valence-electron chi connectivity index (χ1n) is 9.98. The summed E-state index contributed by atoms with van der Waals surface area (Å²) in [6, 6.07) is 9.90. The van der Waals surface area contributed by atoms with Crippen molar-refractivity contribution in [3.05, 3.63) is 53.4 Å². The number of methoxy groups -OCH3 is 1. The monoisotopic (exact) mass is 382 g/mol. The SMILES string of the molecule is CCn1nc(C)cc1C(=O)N1CCCN(CC=Cc2ccccc2OC)CC1. The zero-order chi connectivity index (χ0) is 19.9. The molecule has 0 aliphatic carbocycles. The molecule has 1 amide bonds. The first kappa shape index (κ1) is 20.1. The third kappa shape index (κ3) is 4.81. The zero-order valence-corrected chi connectivity index (χ0v) is 17.1. The number of para-hydroxylation sites is 1. The first-order chi connectivity index (χ1) is 13.6. The van der Waals surface area contributed by atoms with Crippen LogP contribution in [0.2, 0.25) is 0 Å². The van der Waals surface area contributed by atoms with Crippen LogP contribution in [0, 0.1) is 6.92 Å². The summed E-state index contributed by atoms with van der Waals surface area (Å²) in [7, 11) is 1.69. The van der Waals surface area contributed by atoms with E-state index in [2.05, 4.69) is 28.2 Å². The topological polar surface area (TPSA) is 50.6 Å². The number of rotatable bonds is 6. The Hall–Kier alpha value is -2.60. The Labute approximate surface area is 167 Å². The highest BCUT2D eigenvalue weighted by Crippen LogP contribution is 2.18. The molecule has 1 aliphatic heterocycles. The van der Waals surface area contributed by atoms with Crippen molar-refractivity contribution >= 4 is 12.0 Å². The molecule has 1 aromatic heterocycles. The molecular formula is C22H30N4O2. The highest BCUT2D eigenvalue weighted by Gasteiger charge is 2.22. The van der Waals surface area contributed by atoms with Crippen molar-refractivity contribution in [1.29, 1.82) is 0 Å². The molecule has 1 saturated heterocycles. The van der Waals surface area contributed by atoms with Crippen molar-refractivity contribution in [3.8, 4) is 5.75 Å². The number of ether oxygens (including phenoxy) is 1. The van der Waals surface area contributed by atoms with Gasteiger partial charge in [-0.1, -0.05) is 30.4 Å². The molecule has 0 saturated carbocycles.